The summed E-state index contributed by atoms with van der Waals surface area (Å²) < 4.78 is 0. The molecule has 1 fully saturated rings. The minimum Gasteiger partial charge on any atom is -0.327 e. The van der Waals surface area contributed by atoms with E-state index in [-0.39, 0.29) is 0 Å². The summed E-state index contributed by atoms with van der Waals surface area (Å²) >= 11 is 0. The van der Waals surface area contributed by atoms with Gasteiger partial charge in [0, 0.05) is 6.04 Å². The highest BCUT2D eigenvalue weighted by molar-refractivity contribution is 5.39. The molecule has 0 spiro atoms. The summed E-state index contributed by atoms with van der Waals surface area (Å²) in [5, 5.41) is 0. The number of hydrogen-bond donors (Lipinski definition) is 1. The smallest absolute Gasteiger partial charge is 0.0114 e. The lowest BCUT2D eigenvalue weighted by Crippen LogP contribution is -2.39. The van der Waals surface area contributed by atoms with Crippen molar-refractivity contribution >= 4 is 0 Å². The topological polar surface area (TPSA) is 26.0 Å². The van der Waals surface area contributed by atoms with Crippen LogP contribution in [0.2, 0.25) is 0 Å². The zero-order valence-electron chi connectivity index (χ0n) is 7.74. The van der Waals surface area contributed by atoms with Crippen LogP contribution in [0.15, 0.2) is 24.3 Å². The Morgan fingerprint density at radius 3 is 2.62 bits per heavy atom. The molecule has 1 aromatic rings. The second kappa shape index (κ2) is 2.58. The fourth-order valence-electron chi connectivity index (χ4n) is 3.09. The van der Waals surface area contributed by atoms with Crippen LogP contribution < -0.4 is 5.73 Å². The normalized spacial score (nSPS) is 35.9. The number of rotatable bonds is 0. The Labute approximate surface area is 78.9 Å². The number of hydrogen-bond acceptors (Lipinski definition) is 1. The maximum atomic E-state index is 6.13. The van der Waals surface area contributed by atoms with Gasteiger partial charge in [0.1, 0.15) is 0 Å². The molecule has 2 N–H and O–H groups in total. The van der Waals surface area contributed by atoms with Crippen LogP contribution in [-0.2, 0) is 0 Å². The summed E-state index contributed by atoms with van der Waals surface area (Å²) in [6.45, 7) is 0. The first-order valence-corrected chi connectivity index (χ1v) is 5.20. The van der Waals surface area contributed by atoms with Gasteiger partial charge in [-0.15, -0.1) is 0 Å². The predicted molar refractivity (Wildman–Crippen MR) is 53.8 cm³/mol. The summed E-state index contributed by atoms with van der Waals surface area (Å²) in [6.07, 6.45) is 3.87. The van der Waals surface area contributed by atoms with Crippen LogP contribution in [0.1, 0.15) is 42.2 Å². The molecule has 1 aromatic carbocycles. The van der Waals surface area contributed by atoms with E-state index in [1.165, 1.54) is 24.8 Å². The third kappa shape index (κ3) is 0.969. The van der Waals surface area contributed by atoms with E-state index in [1.807, 2.05) is 0 Å². The maximum absolute atomic E-state index is 6.13. The molecular formula is C12H15N. The molecule has 0 aromatic heterocycles. The number of benzene rings is 1. The van der Waals surface area contributed by atoms with Crippen LogP contribution in [0.3, 0.4) is 0 Å². The van der Waals surface area contributed by atoms with Crippen LogP contribution in [0.5, 0.6) is 0 Å². The molecule has 3 aliphatic rings. The molecule has 0 amide bonds. The third-order valence-electron chi connectivity index (χ3n) is 3.73. The molecule has 68 valence electrons. The van der Waals surface area contributed by atoms with Gasteiger partial charge in [-0.3, -0.25) is 0 Å². The quantitative estimate of drug-likeness (QED) is 0.640. The molecule has 0 aliphatic heterocycles. The largest absolute Gasteiger partial charge is 0.327 e. The van der Waals surface area contributed by atoms with Gasteiger partial charge >= 0.3 is 0 Å². The van der Waals surface area contributed by atoms with Gasteiger partial charge in [0.05, 0.1) is 0 Å². The third-order valence-corrected chi connectivity index (χ3v) is 3.73. The predicted octanol–water partition coefficient (Wildman–Crippen LogP) is 2.38. The van der Waals surface area contributed by atoms with E-state index >= 15 is 0 Å². The van der Waals surface area contributed by atoms with Crippen molar-refractivity contribution in [3.63, 3.8) is 0 Å². The van der Waals surface area contributed by atoms with Gasteiger partial charge in [0.2, 0.25) is 0 Å². The van der Waals surface area contributed by atoms with Crippen molar-refractivity contribution in [2.75, 3.05) is 0 Å². The molecule has 3 aliphatic carbocycles. The van der Waals surface area contributed by atoms with Crippen LogP contribution >= 0.6 is 0 Å². The first-order chi connectivity index (χ1) is 6.36. The van der Waals surface area contributed by atoms with Crippen molar-refractivity contribution in [1.29, 1.82) is 0 Å². The van der Waals surface area contributed by atoms with Crippen LogP contribution in [0, 0.1) is 0 Å². The van der Waals surface area contributed by atoms with Crippen molar-refractivity contribution in [1.82, 2.24) is 0 Å². The molecule has 4 rings (SSSR count). The summed E-state index contributed by atoms with van der Waals surface area (Å²) in [4.78, 5) is 0. The Balaban J connectivity index is 2.16. The molecule has 0 unspecified atom stereocenters. The van der Waals surface area contributed by atoms with Gasteiger partial charge in [-0.2, -0.15) is 0 Å². The average molecular weight is 173 g/mol. The van der Waals surface area contributed by atoms with Gasteiger partial charge in [-0.25, -0.2) is 0 Å². The van der Waals surface area contributed by atoms with E-state index in [1.54, 1.807) is 5.56 Å². The Morgan fingerprint density at radius 2 is 1.85 bits per heavy atom. The van der Waals surface area contributed by atoms with Gasteiger partial charge in [-0.05, 0) is 42.2 Å². The zero-order chi connectivity index (χ0) is 8.84. The van der Waals surface area contributed by atoms with E-state index in [0.717, 1.165) is 5.92 Å². The van der Waals surface area contributed by atoms with Crippen molar-refractivity contribution in [2.45, 2.75) is 37.1 Å². The van der Waals surface area contributed by atoms with Gasteiger partial charge < -0.3 is 5.73 Å². The van der Waals surface area contributed by atoms with Crippen LogP contribution in [-0.4, -0.2) is 6.04 Å². The second-order valence-electron chi connectivity index (χ2n) is 4.41. The summed E-state index contributed by atoms with van der Waals surface area (Å²) in [6, 6.07) is 9.29. The van der Waals surface area contributed by atoms with Crippen molar-refractivity contribution < 1.29 is 0 Å². The van der Waals surface area contributed by atoms with Gasteiger partial charge in [-0.1, -0.05) is 24.3 Å². The van der Waals surface area contributed by atoms with Crippen LogP contribution in [0.25, 0.3) is 0 Å². The highest BCUT2D eigenvalue weighted by Crippen LogP contribution is 2.48. The molecule has 0 heterocycles. The molecule has 0 radical (unpaired) electrons. The minimum absolute atomic E-state index is 0.425. The van der Waals surface area contributed by atoms with E-state index < -0.39 is 0 Å². The van der Waals surface area contributed by atoms with E-state index in [4.69, 9.17) is 5.73 Å². The molecule has 0 saturated heterocycles. The molecule has 2 bridgehead atoms. The zero-order valence-corrected chi connectivity index (χ0v) is 7.74. The second-order valence-corrected chi connectivity index (χ2v) is 4.41. The first-order valence-electron chi connectivity index (χ1n) is 5.20. The van der Waals surface area contributed by atoms with Gasteiger partial charge in [0.15, 0.2) is 0 Å². The Bertz CT molecular complexity index is 332. The van der Waals surface area contributed by atoms with Crippen molar-refractivity contribution in [3.8, 4) is 0 Å². The Kier molecular flexibility index (Phi) is 1.50. The summed E-state index contributed by atoms with van der Waals surface area (Å²) in [5.41, 5.74) is 9.26. The lowest BCUT2D eigenvalue weighted by Gasteiger charge is -2.42. The molecule has 1 heteroatoms. The highest BCUT2D eigenvalue weighted by atomic mass is 14.7. The number of fused-ring (bicyclic) bond motifs is 2. The summed E-state index contributed by atoms with van der Waals surface area (Å²) in [7, 11) is 0. The SMILES string of the molecule is N[C@@H]1C[C@H]2CC[C@@H]1c1ccccc12. The lowest BCUT2D eigenvalue weighted by atomic mass is 9.65. The standard InChI is InChI=1S/C12H15N/c13-12-7-8-5-6-11(12)10-4-2-1-3-9(8)10/h1-4,8,11-12H,5-7,13H2/t8-,11-,12-/m1/s1. The molecule has 1 saturated carbocycles. The maximum Gasteiger partial charge on any atom is 0.0114 e. The molecular weight excluding hydrogens is 158 g/mol. The average Bonchev–Trinajstić information content (AvgIpc) is 2.19. The minimum atomic E-state index is 0.425. The molecule has 13 heavy (non-hydrogen) atoms. The molecule has 1 nitrogen and oxygen atoms in total. The van der Waals surface area contributed by atoms with Crippen LogP contribution in [0.4, 0.5) is 0 Å². The van der Waals surface area contributed by atoms with E-state index in [2.05, 4.69) is 24.3 Å². The van der Waals surface area contributed by atoms with Gasteiger partial charge in [0.25, 0.3) is 0 Å². The highest BCUT2D eigenvalue weighted by Gasteiger charge is 2.37. The van der Waals surface area contributed by atoms with E-state index in [0.29, 0.717) is 12.0 Å². The van der Waals surface area contributed by atoms with Crippen molar-refractivity contribution in [2.24, 2.45) is 5.73 Å². The summed E-state index contributed by atoms with van der Waals surface area (Å²) in [5.74, 6) is 1.41. The lowest BCUT2D eigenvalue weighted by molar-refractivity contribution is 0.314. The fraction of sp³-hybridized carbons (Fsp3) is 0.500. The Morgan fingerprint density at radius 1 is 1.08 bits per heavy atom. The monoisotopic (exact) mass is 173 g/mol. The van der Waals surface area contributed by atoms with Crippen molar-refractivity contribution in [3.05, 3.63) is 35.4 Å². The Hall–Kier alpha value is -0.820. The first kappa shape index (κ1) is 7.57. The number of nitrogens with two attached hydrogens (primary N) is 1. The fourth-order valence-corrected chi connectivity index (χ4v) is 3.09. The molecule has 3 atom stereocenters. The van der Waals surface area contributed by atoms with E-state index in [9.17, 15) is 0 Å².